The highest BCUT2D eigenvalue weighted by Gasteiger charge is 2.32. The normalized spacial score (nSPS) is 18.8. The van der Waals surface area contributed by atoms with Crippen molar-refractivity contribution in [1.29, 1.82) is 0 Å². The zero-order valence-corrected chi connectivity index (χ0v) is 13.2. The molecular weight excluding hydrogens is 321 g/mol. The van der Waals surface area contributed by atoms with E-state index in [1.807, 2.05) is 24.3 Å². The number of benzene rings is 2. The number of hydrogen-bond acceptors (Lipinski definition) is 3. The number of aromatic nitrogens is 2. The number of nitrogens with one attached hydrogen (secondary N) is 2. The number of carbonyl (C=O) groups is 1. The molecule has 1 amide bonds. The van der Waals surface area contributed by atoms with E-state index in [1.54, 1.807) is 18.2 Å². The molecule has 1 heterocycles. The lowest BCUT2D eigenvalue weighted by molar-refractivity contribution is 0.0859. The Morgan fingerprint density at radius 1 is 1.20 bits per heavy atom. The van der Waals surface area contributed by atoms with E-state index in [1.165, 1.54) is 12.3 Å². The van der Waals surface area contributed by atoms with Crippen LogP contribution in [-0.2, 0) is 6.42 Å². The van der Waals surface area contributed by atoms with Crippen LogP contribution >= 0.6 is 0 Å². The summed E-state index contributed by atoms with van der Waals surface area (Å²) in [5, 5.41) is 19.7. The molecule has 3 aromatic rings. The second-order valence-corrected chi connectivity index (χ2v) is 6.06. The molecule has 25 heavy (non-hydrogen) atoms. The van der Waals surface area contributed by atoms with Crippen LogP contribution in [0.15, 0.2) is 54.7 Å². The van der Waals surface area contributed by atoms with Gasteiger partial charge in [0.2, 0.25) is 0 Å². The van der Waals surface area contributed by atoms with Gasteiger partial charge in [0.15, 0.2) is 0 Å². The fraction of sp³-hybridized carbons (Fsp3) is 0.158. The molecule has 0 aliphatic heterocycles. The minimum Gasteiger partial charge on any atom is -0.390 e. The van der Waals surface area contributed by atoms with Crippen LogP contribution in [0.25, 0.3) is 11.3 Å². The van der Waals surface area contributed by atoms with Crippen molar-refractivity contribution in [2.24, 2.45) is 0 Å². The van der Waals surface area contributed by atoms with Gasteiger partial charge >= 0.3 is 0 Å². The number of amides is 1. The molecule has 0 radical (unpaired) electrons. The lowest BCUT2D eigenvalue weighted by atomic mass is 10.0. The maximum absolute atomic E-state index is 14.0. The first kappa shape index (κ1) is 15.5. The molecule has 0 saturated heterocycles. The Kier molecular flexibility index (Phi) is 3.82. The maximum atomic E-state index is 14.0. The van der Waals surface area contributed by atoms with Gasteiger partial charge in [0.05, 0.1) is 29.6 Å². The molecule has 0 spiro atoms. The highest BCUT2D eigenvalue weighted by Crippen LogP contribution is 2.32. The summed E-state index contributed by atoms with van der Waals surface area (Å²) >= 11 is 0. The molecule has 126 valence electrons. The molecule has 1 aromatic heterocycles. The summed E-state index contributed by atoms with van der Waals surface area (Å²) in [6, 6.07) is 13.3. The van der Waals surface area contributed by atoms with Crippen molar-refractivity contribution in [2.75, 3.05) is 0 Å². The Hall–Kier alpha value is -2.99. The molecule has 0 fully saturated rings. The van der Waals surface area contributed by atoms with Gasteiger partial charge in [0.25, 0.3) is 5.91 Å². The van der Waals surface area contributed by atoms with Gasteiger partial charge in [0, 0.05) is 12.0 Å². The van der Waals surface area contributed by atoms with Crippen molar-refractivity contribution >= 4 is 5.91 Å². The zero-order valence-electron chi connectivity index (χ0n) is 13.2. The molecule has 0 bridgehead atoms. The van der Waals surface area contributed by atoms with Crippen LogP contribution in [0.5, 0.6) is 0 Å². The van der Waals surface area contributed by atoms with Crippen LogP contribution < -0.4 is 5.32 Å². The summed E-state index contributed by atoms with van der Waals surface area (Å²) in [7, 11) is 0. The summed E-state index contributed by atoms with van der Waals surface area (Å²) in [5.74, 6) is -0.847. The smallest absolute Gasteiger partial charge is 0.255 e. The number of aliphatic hydroxyl groups excluding tert-OH is 1. The van der Waals surface area contributed by atoms with Crippen molar-refractivity contribution in [3.05, 3.63) is 77.2 Å². The van der Waals surface area contributed by atoms with Crippen LogP contribution in [0.2, 0.25) is 0 Å². The van der Waals surface area contributed by atoms with Crippen molar-refractivity contribution < 1.29 is 14.3 Å². The van der Waals surface area contributed by atoms with E-state index in [4.69, 9.17) is 0 Å². The molecule has 4 rings (SSSR count). The zero-order chi connectivity index (χ0) is 17.4. The van der Waals surface area contributed by atoms with Crippen molar-refractivity contribution in [3.8, 4) is 11.3 Å². The Bertz CT molecular complexity index is 938. The summed E-state index contributed by atoms with van der Waals surface area (Å²) in [5.41, 5.74) is 2.75. The fourth-order valence-electron chi connectivity index (χ4n) is 3.29. The number of fused-ring (bicyclic) bond motifs is 1. The third-order valence-electron chi connectivity index (χ3n) is 4.52. The van der Waals surface area contributed by atoms with Gasteiger partial charge in [-0.1, -0.05) is 36.4 Å². The van der Waals surface area contributed by atoms with Crippen LogP contribution in [0.1, 0.15) is 27.5 Å². The molecule has 1 aliphatic rings. The summed E-state index contributed by atoms with van der Waals surface area (Å²) in [6.45, 7) is 0. The molecule has 5 nitrogen and oxygen atoms in total. The summed E-state index contributed by atoms with van der Waals surface area (Å²) < 4.78 is 14.0. The Morgan fingerprint density at radius 2 is 1.96 bits per heavy atom. The SMILES string of the molecule is O=C(N[C@@H]1c2ccccc2C[C@H]1O)c1cn[nH]c1-c1ccccc1F. The monoisotopic (exact) mass is 337 g/mol. The molecule has 2 atom stereocenters. The molecule has 0 unspecified atom stereocenters. The van der Waals surface area contributed by atoms with E-state index in [0.717, 1.165) is 11.1 Å². The number of rotatable bonds is 3. The van der Waals surface area contributed by atoms with Gasteiger partial charge in [-0.15, -0.1) is 0 Å². The number of halogens is 1. The quantitative estimate of drug-likeness (QED) is 0.687. The first-order chi connectivity index (χ1) is 12.1. The van der Waals surface area contributed by atoms with Gasteiger partial charge in [-0.05, 0) is 23.3 Å². The lowest BCUT2D eigenvalue weighted by Gasteiger charge is -2.18. The minimum atomic E-state index is -0.690. The van der Waals surface area contributed by atoms with Crippen molar-refractivity contribution in [2.45, 2.75) is 18.6 Å². The third-order valence-corrected chi connectivity index (χ3v) is 4.52. The lowest BCUT2D eigenvalue weighted by Crippen LogP contribution is -2.34. The van der Waals surface area contributed by atoms with E-state index in [9.17, 15) is 14.3 Å². The average molecular weight is 337 g/mol. The Labute approximate surface area is 143 Å². The van der Waals surface area contributed by atoms with Crippen molar-refractivity contribution in [1.82, 2.24) is 15.5 Å². The predicted octanol–water partition coefficient (Wildman–Crippen LogP) is 2.60. The number of carbonyl (C=O) groups excluding carboxylic acids is 1. The first-order valence-electron chi connectivity index (χ1n) is 8.00. The van der Waals surface area contributed by atoms with Crippen LogP contribution in [0.3, 0.4) is 0 Å². The minimum absolute atomic E-state index is 0.238. The molecule has 6 heteroatoms. The number of H-pyrrole nitrogens is 1. The molecule has 3 N–H and O–H groups in total. The second-order valence-electron chi connectivity index (χ2n) is 6.06. The number of nitrogens with zero attached hydrogens (tertiary/aromatic N) is 1. The first-order valence-corrected chi connectivity index (χ1v) is 8.00. The van der Waals surface area contributed by atoms with Crippen LogP contribution in [0.4, 0.5) is 4.39 Å². The second kappa shape index (κ2) is 6.14. The highest BCUT2D eigenvalue weighted by atomic mass is 19.1. The number of aliphatic hydroxyl groups is 1. The molecule has 0 saturated carbocycles. The Morgan fingerprint density at radius 3 is 2.80 bits per heavy atom. The van der Waals surface area contributed by atoms with E-state index < -0.39 is 23.9 Å². The standard InChI is InChI=1S/C19H16FN3O2/c20-15-8-4-3-7-13(15)17-14(10-21-23-17)19(25)22-18-12-6-2-1-5-11(12)9-16(18)24/h1-8,10,16,18,24H,9H2,(H,21,23)(H,22,25)/t16-,18-/m1/s1. The molecular formula is C19H16FN3O2. The van der Waals surface area contributed by atoms with Crippen LogP contribution in [-0.4, -0.2) is 27.3 Å². The number of hydrogen-bond donors (Lipinski definition) is 3. The van der Waals surface area contributed by atoms with E-state index in [-0.39, 0.29) is 11.1 Å². The van der Waals surface area contributed by atoms with Gasteiger partial charge in [0.1, 0.15) is 5.82 Å². The van der Waals surface area contributed by atoms with E-state index in [2.05, 4.69) is 15.5 Å². The van der Waals surface area contributed by atoms with Gasteiger partial charge in [-0.3, -0.25) is 9.89 Å². The highest BCUT2D eigenvalue weighted by molar-refractivity contribution is 6.00. The maximum Gasteiger partial charge on any atom is 0.255 e. The van der Waals surface area contributed by atoms with Crippen molar-refractivity contribution in [3.63, 3.8) is 0 Å². The average Bonchev–Trinajstić information content (AvgIpc) is 3.21. The predicted molar refractivity (Wildman–Crippen MR) is 90.3 cm³/mol. The van der Waals surface area contributed by atoms with E-state index >= 15 is 0 Å². The summed E-state index contributed by atoms with van der Waals surface area (Å²) in [4.78, 5) is 12.7. The fourth-order valence-corrected chi connectivity index (χ4v) is 3.29. The number of aromatic amines is 1. The summed E-state index contributed by atoms with van der Waals surface area (Å²) in [6.07, 6.45) is 1.17. The molecule has 1 aliphatic carbocycles. The van der Waals surface area contributed by atoms with Crippen LogP contribution in [0, 0.1) is 5.82 Å². The van der Waals surface area contributed by atoms with Gasteiger partial charge in [-0.2, -0.15) is 5.10 Å². The van der Waals surface area contributed by atoms with Gasteiger partial charge < -0.3 is 10.4 Å². The molecule has 2 aromatic carbocycles. The van der Waals surface area contributed by atoms with E-state index in [0.29, 0.717) is 12.1 Å². The third kappa shape index (κ3) is 2.70. The van der Waals surface area contributed by atoms with Gasteiger partial charge in [-0.25, -0.2) is 4.39 Å². The largest absolute Gasteiger partial charge is 0.390 e. The topological polar surface area (TPSA) is 78.0 Å². The Balaban J connectivity index is 1.64.